The van der Waals surface area contributed by atoms with Crippen LogP contribution in [0.25, 0.3) is 10.6 Å². The fourth-order valence-electron chi connectivity index (χ4n) is 5.27. The number of rotatable bonds is 6. The predicted molar refractivity (Wildman–Crippen MR) is 149 cm³/mol. The summed E-state index contributed by atoms with van der Waals surface area (Å²) in [7, 11) is 0. The number of benzene rings is 2. The number of fused-ring (bicyclic) bond motifs is 1. The normalized spacial score (nSPS) is 19.3. The van der Waals surface area contributed by atoms with Gasteiger partial charge in [-0.2, -0.15) is 10.2 Å². The summed E-state index contributed by atoms with van der Waals surface area (Å²) in [4.78, 5) is 22.7. The first-order valence-electron chi connectivity index (χ1n) is 12.7. The van der Waals surface area contributed by atoms with Crippen LogP contribution in [-0.4, -0.2) is 64.3 Å². The maximum absolute atomic E-state index is 13.3. The Hall–Kier alpha value is -3.86. The monoisotopic (exact) mass is 527 g/mol. The van der Waals surface area contributed by atoms with E-state index in [4.69, 9.17) is 10.5 Å². The second-order valence-corrected chi connectivity index (χ2v) is 10.5. The minimum Gasteiger partial charge on any atom is -0.457 e. The number of para-hydroxylation sites is 1. The Morgan fingerprint density at radius 1 is 1.11 bits per heavy atom. The summed E-state index contributed by atoms with van der Waals surface area (Å²) in [5, 5.41) is 13.3. The van der Waals surface area contributed by atoms with Gasteiger partial charge in [0.25, 0.3) is 5.91 Å². The Morgan fingerprint density at radius 2 is 1.97 bits per heavy atom. The van der Waals surface area contributed by atoms with Gasteiger partial charge in [-0.15, -0.1) is 11.3 Å². The molecule has 2 atom stereocenters. The lowest BCUT2D eigenvalue weighted by molar-refractivity contribution is 0.102. The standard InChI is InChI=1S/C28H29N7O2S/c1-18-25(37-20-5-3-2-4-6-20)8-7-22(26(18)35-14-13-34-12-10-21(29)24(34)16-35)32-27(36)23-17-38-28(33-23)19-9-11-30-31-15-19/h2-9,11,15,17,21,24H,10,12-14,16,29H2,1H3,(H,32,36)/t21-,24+/m1/s1. The molecule has 4 aromatic rings. The number of amides is 1. The Labute approximate surface area is 225 Å². The number of thiazole rings is 1. The molecule has 6 rings (SSSR count). The van der Waals surface area contributed by atoms with Crippen molar-refractivity contribution in [3.63, 3.8) is 0 Å². The van der Waals surface area contributed by atoms with Gasteiger partial charge in [-0.1, -0.05) is 18.2 Å². The number of hydrogen-bond acceptors (Lipinski definition) is 9. The summed E-state index contributed by atoms with van der Waals surface area (Å²) in [6, 6.07) is 15.8. The van der Waals surface area contributed by atoms with Gasteiger partial charge >= 0.3 is 0 Å². The molecule has 4 heterocycles. The minimum atomic E-state index is -0.261. The van der Waals surface area contributed by atoms with Crippen LogP contribution in [0.2, 0.25) is 0 Å². The summed E-state index contributed by atoms with van der Waals surface area (Å²) in [5.74, 6) is 1.26. The fourth-order valence-corrected chi connectivity index (χ4v) is 6.06. The zero-order valence-electron chi connectivity index (χ0n) is 21.1. The number of nitrogens with one attached hydrogen (secondary N) is 1. The van der Waals surface area contributed by atoms with Crippen molar-refractivity contribution in [3.8, 4) is 22.1 Å². The smallest absolute Gasteiger partial charge is 0.275 e. The largest absolute Gasteiger partial charge is 0.457 e. The molecule has 0 unspecified atom stereocenters. The molecule has 2 fully saturated rings. The highest BCUT2D eigenvalue weighted by atomic mass is 32.1. The second kappa shape index (κ2) is 10.5. The van der Waals surface area contributed by atoms with Crippen molar-refractivity contribution in [3.05, 3.63) is 77.6 Å². The highest BCUT2D eigenvalue weighted by molar-refractivity contribution is 7.13. The Bertz CT molecular complexity index is 1430. The van der Waals surface area contributed by atoms with Crippen LogP contribution in [-0.2, 0) is 0 Å². The molecule has 2 aromatic carbocycles. The highest BCUT2D eigenvalue weighted by Crippen LogP contribution is 2.40. The number of aromatic nitrogens is 3. The van der Waals surface area contributed by atoms with E-state index in [0.29, 0.717) is 11.7 Å². The second-order valence-electron chi connectivity index (χ2n) is 9.62. The third-order valence-corrected chi connectivity index (χ3v) is 8.15. The van der Waals surface area contributed by atoms with E-state index in [1.165, 1.54) is 11.3 Å². The van der Waals surface area contributed by atoms with Gasteiger partial charge in [-0.25, -0.2) is 4.98 Å². The number of piperazine rings is 1. The van der Waals surface area contributed by atoms with Crippen molar-refractivity contribution in [2.24, 2.45) is 5.73 Å². The molecule has 0 saturated carbocycles. The van der Waals surface area contributed by atoms with Crippen molar-refractivity contribution in [2.45, 2.75) is 25.4 Å². The quantitative estimate of drug-likeness (QED) is 0.385. The summed E-state index contributed by atoms with van der Waals surface area (Å²) in [5.41, 5.74) is 10.3. The molecule has 2 aliphatic rings. The van der Waals surface area contributed by atoms with E-state index in [1.54, 1.807) is 17.8 Å². The third-order valence-electron chi connectivity index (χ3n) is 7.26. The number of anilines is 2. The Morgan fingerprint density at radius 3 is 2.79 bits per heavy atom. The molecule has 194 valence electrons. The molecule has 0 bridgehead atoms. The molecule has 2 saturated heterocycles. The van der Waals surface area contributed by atoms with Crippen molar-refractivity contribution in [1.29, 1.82) is 0 Å². The van der Waals surface area contributed by atoms with Crippen molar-refractivity contribution in [1.82, 2.24) is 20.1 Å². The molecule has 0 aliphatic carbocycles. The van der Waals surface area contributed by atoms with Crippen LogP contribution in [0.4, 0.5) is 11.4 Å². The maximum atomic E-state index is 13.3. The molecular weight excluding hydrogens is 498 g/mol. The van der Waals surface area contributed by atoms with Crippen molar-refractivity contribution < 1.29 is 9.53 Å². The first-order chi connectivity index (χ1) is 18.6. The van der Waals surface area contributed by atoms with Gasteiger partial charge in [0, 0.05) is 54.8 Å². The molecule has 0 spiro atoms. The van der Waals surface area contributed by atoms with Crippen LogP contribution in [0.3, 0.4) is 0 Å². The first kappa shape index (κ1) is 24.5. The summed E-state index contributed by atoms with van der Waals surface area (Å²) in [6.45, 7) is 5.66. The van der Waals surface area contributed by atoms with E-state index in [1.807, 2.05) is 55.5 Å². The van der Waals surface area contributed by atoms with Gasteiger partial charge in [0.2, 0.25) is 0 Å². The van der Waals surface area contributed by atoms with Crippen molar-refractivity contribution >= 4 is 28.6 Å². The van der Waals surface area contributed by atoms with Crippen LogP contribution in [0.15, 0.2) is 66.3 Å². The molecule has 2 aliphatic heterocycles. The molecule has 10 heteroatoms. The average molecular weight is 528 g/mol. The number of ether oxygens (including phenoxy) is 1. The van der Waals surface area contributed by atoms with E-state index >= 15 is 0 Å². The average Bonchev–Trinajstić information content (AvgIpc) is 3.59. The summed E-state index contributed by atoms with van der Waals surface area (Å²) >= 11 is 1.40. The SMILES string of the molecule is Cc1c(Oc2ccccc2)ccc(NC(=O)c2csc(-c3ccnnc3)n2)c1N1CCN2CC[C@@H](N)[C@@H]2C1. The number of carbonyl (C=O) groups excluding carboxylic acids is 1. The topological polar surface area (TPSA) is 109 Å². The lowest BCUT2D eigenvalue weighted by atomic mass is 10.0. The van der Waals surface area contributed by atoms with E-state index in [9.17, 15) is 4.79 Å². The molecule has 9 nitrogen and oxygen atoms in total. The third kappa shape index (κ3) is 4.85. The molecule has 38 heavy (non-hydrogen) atoms. The zero-order chi connectivity index (χ0) is 26.1. The van der Waals surface area contributed by atoms with Crippen LogP contribution in [0, 0.1) is 6.92 Å². The highest BCUT2D eigenvalue weighted by Gasteiger charge is 2.37. The van der Waals surface area contributed by atoms with Gasteiger partial charge < -0.3 is 20.7 Å². The van der Waals surface area contributed by atoms with E-state index in [-0.39, 0.29) is 11.9 Å². The number of hydrogen-bond donors (Lipinski definition) is 2. The number of carbonyl (C=O) groups is 1. The van der Waals surface area contributed by atoms with E-state index < -0.39 is 0 Å². The zero-order valence-corrected chi connectivity index (χ0v) is 21.9. The number of nitrogens with two attached hydrogens (primary N) is 1. The van der Waals surface area contributed by atoms with Gasteiger partial charge in [-0.05, 0) is 43.7 Å². The summed E-state index contributed by atoms with van der Waals surface area (Å²) < 4.78 is 6.25. The number of nitrogens with zero attached hydrogens (tertiary/aromatic N) is 5. The Balaban J connectivity index is 1.31. The van der Waals surface area contributed by atoms with Gasteiger partial charge in [-0.3, -0.25) is 9.69 Å². The van der Waals surface area contributed by atoms with Gasteiger partial charge in [0.1, 0.15) is 22.2 Å². The molecule has 0 radical (unpaired) electrons. The maximum Gasteiger partial charge on any atom is 0.275 e. The van der Waals surface area contributed by atoms with Gasteiger partial charge in [0.15, 0.2) is 0 Å². The van der Waals surface area contributed by atoms with Gasteiger partial charge in [0.05, 0.1) is 23.8 Å². The lowest BCUT2D eigenvalue weighted by Crippen LogP contribution is -2.55. The van der Waals surface area contributed by atoms with Crippen LogP contribution in [0.5, 0.6) is 11.5 Å². The molecule has 3 N–H and O–H groups in total. The van der Waals surface area contributed by atoms with E-state index in [0.717, 1.165) is 71.6 Å². The predicted octanol–water partition coefficient (Wildman–Crippen LogP) is 4.17. The molecule has 1 amide bonds. The lowest BCUT2D eigenvalue weighted by Gasteiger charge is -2.41. The fraction of sp³-hybridized carbons (Fsp3) is 0.286. The molecule has 2 aromatic heterocycles. The first-order valence-corrected chi connectivity index (χ1v) is 13.6. The summed E-state index contributed by atoms with van der Waals surface area (Å²) in [6.07, 6.45) is 4.26. The molecular formula is C28H29N7O2S. The van der Waals surface area contributed by atoms with Crippen LogP contribution in [0.1, 0.15) is 22.5 Å². The van der Waals surface area contributed by atoms with Crippen molar-refractivity contribution in [2.75, 3.05) is 36.4 Å². The van der Waals surface area contributed by atoms with E-state index in [2.05, 4.69) is 30.3 Å². The Kier molecular flexibility index (Phi) is 6.75. The minimum absolute atomic E-state index is 0.149. The van der Waals surface area contributed by atoms with Crippen LogP contribution < -0.4 is 20.7 Å². The van der Waals surface area contributed by atoms with Crippen LogP contribution >= 0.6 is 11.3 Å².